The third kappa shape index (κ3) is 7.19. The van der Waals surface area contributed by atoms with Gasteiger partial charge < -0.3 is 4.43 Å². The van der Waals surface area contributed by atoms with Crippen LogP contribution in [0.1, 0.15) is 0 Å². The second-order valence-electron chi connectivity index (χ2n) is 5.14. The van der Waals surface area contributed by atoms with Gasteiger partial charge in [-0.05, 0) is 39.3 Å². The summed E-state index contributed by atoms with van der Waals surface area (Å²) in [7, 11) is -3.85. The molecular weight excluding hydrogens is 220 g/mol. The van der Waals surface area contributed by atoms with Crippen molar-refractivity contribution in [3.05, 3.63) is 0 Å². The van der Waals surface area contributed by atoms with Crippen LogP contribution in [0.4, 0.5) is 8.78 Å². The first kappa shape index (κ1) is 13.8. The Morgan fingerprint density at radius 3 is 1.71 bits per heavy atom. The number of halogens is 2. The zero-order chi connectivity index (χ0) is 11.6. The molecule has 0 aromatic carbocycles. The molecule has 0 saturated carbocycles. The van der Waals surface area contributed by atoms with Gasteiger partial charge in [-0.2, -0.15) is 8.78 Å². The number of alkyl halides is 2. The lowest BCUT2D eigenvalue weighted by Gasteiger charge is -2.22. The van der Waals surface area contributed by atoms with Crippen LogP contribution in [-0.4, -0.2) is 28.9 Å². The van der Waals surface area contributed by atoms with E-state index in [9.17, 15) is 8.78 Å². The Bertz CT molecular complexity index is 218. The van der Waals surface area contributed by atoms with Crippen molar-refractivity contribution in [2.24, 2.45) is 4.66 Å². The monoisotopic (exact) mass is 239 g/mol. The Morgan fingerprint density at radius 1 is 1.07 bits per heavy atom. The van der Waals surface area contributed by atoms with Crippen molar-refractivity contribution in [3.8, 4) is 0 Å². The summed E-state index contributed by atoms with van der Waals surface area (Å²) in [5.41, 5.74) is 0. The Balaban J connectivity index is 4.71. The molecule has 0 spiro atoms. The predicted octanol–water partition coefficient (Wildman–Crippen LogP) is 3.34. The Kier molecular flexibility index (Phi) is 4.45. The van der Waals surface area contributed by atoms with E-state index in [0.717, 1.165) is 0 Å². The average Bonchev–Trinajstić information content (AvgIpc) is 1.78. The first-order valence-corrected chi connectivity index (χ1v) is 11.4. The molecule has 0 heterocycles. The Hall–Kier alpha value is -0.236. The predicted molar refractivity (Wildman–Crippen MR) is 61.2 cm³/mol. The van der Waals surface area contributed by atoms with Crippen LogP contribution in [-0.2, 0) is 4.43 Å². The highest BCUT2D eigenvalue weighted by atomic mass is 28.4. The third-order valence-electron chi connectivity index (χ3n) is 1.04. The Morgan fingerprint density at radius 2 is 1.50 bits per heavy atom. The van der Waals surface area contributed by atoms with Gasteiger partial charge in [-0.1, -0.05) is 0 Å². The maximum absolute atomic E-state index is 12.5. The molecule has 6 heteroatoms. The zero-order valence-electron chi connectivity index (χ0n) is 9.69. The Labute approximate surface area is 86.6 Å². The minimum atomic E-state index is -2.59. The van der Waals surface area contributed by atoms with E-state index in [1.165, 1.54) is 0 Å². The van der Waals surface area contributed by atoms with E-state index in [1.54, 1.807) is 0 Å². The largest absolute Gasteiger partial charge is 0.531 e. The number of nitrogens with zero attached hydrogens (tertiary/aromatic N) is 1. The maximum atomic E-state index is 12.5. The van der Waals surface area contributed by atoms with Gasteiger partial charge in [-0.3, -0.25) is 4.66 Å². The van der Waals surface area contributed by atoms with E-state index in [4.69, 9.17) is 4.43 Å². The minimum absolute atomic E-state index is 0.358. The highest BCUT2D eigenvalue weighted by Gasteiger charge is 2.26. The summed E-state index contributed by atoms with van der Waals surface area (Å²) in [5.74, 6) is -0.358. The summed E-state index contributed by atoms with van der Waals surface area (Å²) in [5, 5.41) is 0. The van der Waals surface area contributed by atoms with Gasteiger partial charge in [0.05, 0.1) is 0 Å². The second kappa shape index (κ2) is 4.52. The van der Waals surface area contributed by atoms with Crippen molar-refractivity contribution in [3.63, 3.8) is 0 Å². The molecule has 2 nitrogen and oxygen atoms in total. The molecule has 0 aromatic rings. The summed E-state index contributed by atoms with van der Waals surface area (Å²) in [6, 6.07) is 0. The summed E-state index contributed by atoms with van der Waals surface area (Å²) >= 11 is 0. The van der Waals surface area contributed by atoms with Gasteiger partial charge in [-0.25, -0.2) is 0 Å². The molecule has 0 rings (SSSR count). The van der Waals surface area contributed by atoms with Gasteiger partial charge in [0.2, 0.25) is 14.2 Å². The van der Waals surface area contributed by atoms with E-state index in [2.05, 4.69) is 4.66 Å². The van der Waals surface area contributed by atoms with Crippen LogP contribution in [0.2, 0.25) is 39.3 Å². The molecule has 0 aliphatic heterocycles. The molecule has 0 radical (unpaired) electrons. The van der Waals surface area contributed by atoms with Crippen molar-refractivity contribution >= 4 is 22.5 Å². The first-order chi connectivity index (χ1) is 6.01. The number of rotatable bonds is 3. The molecule has 14 heavy (non-hydrogen) atoms. The molecule has 0 aliphatic carbocycles. The lowest BCUT2D eigenvalue weighted by molar-refractivity contribution is 0.200. The fraction of sp³-hybridized carbons (Fsp3) is 0.875. The van der Waals surface area contributed by atoms with E-state index in [-0.39, 0.29) is 5.90 Å². The number of hydrogen-bond acceptors (Lipinski definition) is 2. The van der Waals surface area contributed by atoms with Crippen LogP contribution >= 0.6 is 0 Å². The van der Waals surface area contributed by atoms with Crippen LogP contribution in [0.3, 0.4) is 0 Å². The lowest BCUT2D eigenvalue weighted by atomic mass is 10.7. The van der Waals surface area contributed by atoms with Crippen molar-refractivity contribution in [1.29, 1.82) is 0 Å². The SMILES string of the molecule is C[Si](C)(C)/N=C(/O[Si](C)(C)C)C(F)F. The maximum Gasteiger partial charge on any atom is 0.310 e. The summed E-state index contributed by atoms with van der Waals surface area (Å²) < 4.78 is 34.4. The molecule has 0 fully saturated rings. The highest BCUT2D eigenvalue weighted by molar-refractivity contribution is 6.76. The van der Waals surface area contributed by atoms with E-state index in [1.807, 2.05) is 39.3 Å². The van der Waals surface area contributed by atoms with Gasteiger partial charge >= 0.3 is 6.43 Å². The quantitative estimate of drug-likeness (QED) is 0.420. The van der Waals surface area contributed by atoms with Crippen molar-refractivity contribution in [1.82, 2.24) is 0 Å². The topological polar surface area (TPSA) is 21.6 Å². The summed E-state index contributed by atoms with van der Waals surface area (Å²) in [4.78, 5) is 0. The third-order valence-corrected chi connectivity index (χ3v) is 2.76. The first-order valence-electron chi connectivity index (χ1n) is 4.58. The second-order valence-corrected chi connectivity index (χ2v) is 14.1. The molecule has 0 saturated heterocycles. The average molecular weight is 239 g/mol. The van der Waals surface area contributed by atoms with E-state index >= 15 is 0 Å². The normalized spacial score (nSPS) is 14.8. The fourth-order valence-corrected chi connectivity index (χ4v) is 2.42. The van der Waals surface area contributed by atoms with Crippen LogP contribution < -0.4 is 0 Å². The summed E-state index contributed by atoms with van der Waals surface area (Å²) in [6.45, 7) is 11.3. The van der Waals surface area contributed by atoms with Crippen LogP contribution in [0.25, 0.3) is 0 Å². The molecule has 0 aromatic heterocycles. The van der Waals surface area contributed by atoms with Crippen LogP contribution in [0.5, 0.6) is 0 Å². The van der Waals surface area contributed by atoms with Gasteiger partial charge in [0.15, 0.2) is 8.24 Å². The molecule has 0 unspecified atom stereocenters. The summed E-state index contributed by atoms with van der Waals surface area (Å²) in [6.07, 6.45) is -2.59. The minimum Gasteiger partial charge on any atom is -0.531 e. The van der Waals surface area contributed by atoms with Gasteiger partial charge in [0.1, 0.15) is 0 Å². The molecule has 0 aliphatic rings. The van der Waals surface area contributed by atoms with E-state index in [0.29, 0.717) is 0 Å². The van der Waals surface area contributed by atoms with Gasteiger partial charge in [0.25, 0.3) is 0 Å². The smallest absolute Gasteiger partial charge is 0.310 e. The number of hydrogen-bond donors (Lipinski definition) is 0. The van der Waals surface area contributed by atoms with Crippen LogP contribution in [0.15, 0.2) is 4.66 Å². The molecule has 84 valence electrons. The standard InChI is InChI=1S/C8H19F2NOSi2/c1-13(2,3)11-8(7(9)10)12-14(4,5)6/h7H,1-6H3/b11-8+. The fourth-order valence-electron chi connectivity index (χ4n) is 0.760. The van der Waals surface area contributed by atoms with Crippen molar-refractivity contribution in [2.45, 2.75) is 45.7 Å². The van der Waals surface area contributed by atoms with Crippen molar-refractivity contribution < 1.29 is 13.2 Å². The van der Waals surface area contributed by atoms with E-state index < -0.39 is 23.0 Å². The van der Waals surface area contributed by atoms with Crippen LogP contribution in [0, 0.1) is 0 Å². The molecule has 0 N–H and O–H groups in total. The lowest BCUT2D eigenvalue weighted by Crippen LogP contribution is -2.35. The van der Waals surface area contributed by atoms with Gasteiger partial charge in [0, 0.05) is 0 Å². The highest BCUT2D eigenvalue weighted by Crippen LogP contribution is 2.12. The molecule has 0 bridgehead atoms. The van der Waals surface area contributed by atoms with Gasteiger partial charge in [-0.15, -0.1) is 0 Å². The zero-order valence-corrected chi connectivity index (χ0v) is 11.7. The molecule has 0 amide bonds. The van der Waals surface area contributed by atoms with Crippen molar-refractivity contribution in [2.75, 3.05) is 0 Å². The molecular formula is C8H19F2NOSi2. The molecule has 0 atom stereocenters.